The molecule has 0 aromatic carbocycles. The molecular formula is C15H28N2O3. The minimum absolute atomic E-state index is 0.235. The molecule has 0 aromatic heterocycles. The van der Waals surface area contributed by atoms with Gasteiger partial charge in [0.2, 0.25) is 0 Å². The number of hydrogen-bond donors (Lipinski definition) is 1. The van der Waals surface area contributed by atoms with Gasteiger partial charge in [-0.05, 0) is 51.5 Å². The summed E-state index contributed by atoms with van der Waals surface area (Å²) in [6.45, 7) is 5.51. The lowest BCUT2D eigenvalue weighted by Gasteiger charge is -2.34. The van der Waals surface area contributed by atoms with E-state index in [0.717, 1.165) is 45.4 Å². The molecule has 0 bridgehead atoms. The molecule has 1 aliphatic carbocycles. The number of esters is 1. The summed E-state index contributed by atoms with van der Waals surface area (Å²) >= 11 is 0. The Kier molecular flexibility index (Phi) is 5.41. The maximum absolute atomic E-state index is 12.2. The molecule has 0 amide bonds. The number of likely N-dealkylation sites (N-methyl/N-ethyl adjacent to an activating group) is 1. The second kappa shape index (κ2) is 6.87. The van der Waals surface area contributed by atoms with Crippen molar-refractivity contribution in [3.8, 4) is 0 Å². The van der Waals surface area contributed by atoms with Gasteiger partial charge < -0.3 is 20.1 Å². The molecule has 1 unspecified atom stereocenters. The van der Waals surface area contributed by atoms with Crippen molar-refractivity contribution in [3.63, 3.8) is 0 Å². The van der Waals surface area contributed by atoms with Gasteiger partial charge in [-0.3, -0.25) is 0 Å². The first-order valence-electron chi connectivity index (χ1n) is 7.78. The van der Waals surface area contributed by atoms with Gasteiger partial charge in [-0.25, -0.2) is 4.79 Å². The lowest BCUT2D eigenvalue weighted by Crippen LogP contribution is -2.58. The second-order valence-corrected chi connectivity index (χ2v) is 6.29. The molecule has 0 radical (unpaired) electrons. The maximum Gasteiger partial charge on any atom is 0.327 e. The van der Waals surface area contributed by atoms with Crippen LogP contribution in [0.1, 0.15) is 32.6 Å². The first kappa shape index (κ1) is 15.7. The van der Waals surface area contributed by atoms with Gasteiger partial charge in [0.05, 0.1) is 6.61 Å². The van der Waals surface area contributed by atoms with Crippen LogP contribution in [-0.2, 0) is 14.3 Å². The van der Waals surface area contributed by atoms with E-state index in [4.69, 9.17) is 15.2 Å². The Balaban J connectivity index is 1.88. The molecule has 1 saturated heterocycles. The van der Waals surface area contributed by atoms with E-state index in [2.05, 4.69) is 11.9 Å². The van der Waals surface area contributed by atoms with Crippen LogP contribution >= 0.6 is 0 Å². The van der Waals surface area contributed by atoms with Crippen LogP contribution in [0.15, 0.2) is 0 Å². The summed E-state index contributed by atoms with van der Waals surface area (Å²) in [5.74, 6) is 0.708. The molecule has 2 fully saturated rings. The molecule has 20 heavy (non-hydrogen) atoms. The van der Waals surface area contributed by atoms with Gasteiger partial charge in [0, 0.05) is 26.3 Å². The summed E-state index contributed by atoms with van der Waals surface area (Å²) < 4.78 is 10.6. The van der Waals surface area contributed by atoms with Gasteiger partial charge in [0.25, 0.3) is 0 Å². The van der Waals surface area contributed by atoms with Crippen LogP contribution < -0.4 is 5.73 Å². The number of nitrogens with two attached hydrogens (primary N) is 1. The molecular weight excluding hydrogens is 256 g/mol. The van der Waals surface area contributed by atoms with E-state index in [1.165, 1.54) is 0 Å². The first-order valence-corrected chi connectivity index (χ1v) is 7.78. The molecule has 5 heteroatoms. The van der Waals surface area contributed by atoms with Crippen LogP contribution in [0.25, 0.3) is 0 Å². The molecule has 1 heterocycles. The summed E-state index contributed by atoms with van der Waals surface area (Å²) in [7, 11) is 2.05. The Bertz CT molecular complexity index is 327. The molecule has 2 N–H and O–H groups in total. The third-order valence-electron chi connectivity index (χ3n) is 4.40. The summed E-state index contributed by atoms with van der Waals surface area (Å²) in [5, 5.41) is 0. The van der Waals surface area contributed by atoms with Gasteiger partial charge in [0.15, 0.2) is 0 Å². The molecule has 1 saturated carbocycles. The first-order chi connectivity index (χ1) is 9.56. The van der Waals surface area contributed by atoms with Crippen LogP contribution in [0.3, 0.4) is 0 Å². The summed E-state index contributed by atoms with van der Waals surface area (Å²) in [6.07, 6.45) is 4.29. The Morgan fingerprint density at radius 2 is 2.00 bits per heavy atom. The molecule has 2 aliphatic rings. The van der Waals surface area contributed by atoms with E-state index < -0.39 is 5.54 Å². The van der Waals surface area contributed by atoms with E-state index in [-0.39, 0.29) is 5.97 Å². The summed E-state index contributed by atoms with van der Waals surface area (Å²) in [6, 6.07) is 0. The monoisotopic (exact) mass is 284 g/mol. The quantitative estimate of drug-likeness (QED) is 0.707. The minimum atomic E-state index is -0.823. The van der Waals surface area contributed by atoms with E-state index in [0.29, 0.717) is 25.0 Å². The lowest BCUT2D eigenvalue weighted by molar-refractivity contribution is -0.151. The topological polar surface area (TPSA) is 64.8 Å². The van der Waals surface area contributed by atoms with Crippen molar-refractivity contribution < 1.29 is 14.3 Å². The Morgan fingerprint density at radius 1 is 1.35 bits per heavy atom. The molecule has 0 aromatic rings. The van der Waals surface area contributed by atoms with E-state index in [1.807, 2.05) is 6.92 Å². The second-order valence-electron chi connectivity index (χ2n) is 6.29. The van der Waals surface area contributed by atoms with Crippen LogP contribution in [0.4, 0.5) is 0 Å². The minimum Gasteiger partial charge on any atom is -0.465 e. The Labute approximate surface area is 121 Å². The largest absolute Gasteiger partial charge is 0.465 e. The average Bonchev–Trinajstić information content (AvgIpc) is 3.24. The van der Waals surface area contributed by atoms with Crippen LogP contribution in [-0.4, -0.2) is 56.4 Å². The van der Waals surface area contributed by atoms with Gasteiger partial charge in [-0.2, -0.15) is 0 Å². The third-order valence-corrected chi connectivity index (χ3v) is 4.40. The molecule has 0 spiro atoms. The van der Waals surface area contributed by atoms with Gasteiger partial charge in [-0.15, -0.1) is 0 Å². The van der Waals surface area contributed by atoms with Crippen molar-refractivity contribution in [3.05, 3.63) is 0 Å². The Hall–Kier alpha value is -0.650. The zero-order valence-corrected chi connectivity index (χ0v) is 12.8. The summed E-state index contributed by atoms with van der Waals surface area (Å²) in [5.41, 5.74) is 5.57. The molecule has 1 aliphatic heterocycles. The smallest absolute Gasteiger partial charge is 0.327 e. The van der Waals surface area contributed by atoms with Gasteiger partial charge in [0.1, 0.15) is 5.54 Å². The fraction of sp³-hybridized carbons (Fsp3) is 0.933. The van der Waals surface area contributed by atoms with Crippen LogP contribution in [0.2, 0.25) is 0 Å². The number of hydrogen-bond acceptors (Lipinski definition) is 5. The zero-order valence-electron chi connectivity index (χ0n) is 12.8. The highest BCUT2D eigenvalue weighted by molar-refractivity contribution is 5.82. The normalized spacial score (nSPS) is 23.6. The standard InChI is InChI=1S/C15H28N2O3/c1-3-20-14(18)15(16,13-4-5-13)11-17(2)10-12-6-8-19-9-7-12/h12-13H,3-11,16H2,1-2H3. The van der Waals surface area contributed by atoms with Crippen molar-refractivity contribution in [2.45, 2.75) is 38.1 Å². The highest BCUT2D eigenvalue weighted by atomic mass is 16.5. The average molecular weight is 284 g/mol. The number of ether oxygens (including phenoxy) is 2. The van der Waals surface area contributed by atoms with Gasteiger partial charge >= 0.3 is 5.97 Å². The lowest BCUT2D eigenvalue weighted by atomic mass is 9.92. The highest BCUT2D eigenvalue weighted by Gasteiger charge is 2.49. The fourth-order valence-corrected chi connectivity index (χ4v) is 3.11. The number of nitrogens with zero attached hydrogens (tertiary/aromatic N) is 1. The highest BCUT2D eigenvalue weighted by Crippen LogP contribution is 2.39. The van der Waals surface area contributed by atoms with E-state index in [9.17, 15) is 4.79 Å². The van der Waals surface area contributed by atoms with Crippen LogP contribution in [0, 0.1) is 11.8 Å². The maximum atomic E-state index is 12.2. The number of carbonyl (C=O) groups is 1. The van der Waals surface area contributed by atoms with Gasteiger partial charge in [-0.1, -0.05) is 0 Å². The fourth-order valence-electron chi connectivity index (χ4n) is 3.11. The number of rotatable bonds is 7. The van der Waals surface area contributed by atoms with Crippen molar-refractivity contribution in [2.24, 2.45) is 17.6 Å². The predicted molar refractivity (Wildman–Crippen MR) is 77.3 cm³/mol. The molecule has 5 nitrogen and oxygen atoms in total. The van der Waals surface area contributed by atoms with Crippen LogP contribution in [0.5, 0.6) is 0 Å². The summed E-state index contributed by atoms with van der Waals surface area (Å²) in [4.78, 5) is 14.4. The Morgan fingerprint density at radius 3 is 2.55 bits per heavy atom. The number of carbonyl (C=O) groups excluding carboxylic acids is 1. The van der Waals surface area contributed by atoms with Crippen molar-refractivity contribution >= 4 is 5.97 Å². The van der Waals surface area contributed by atoms with E-state index in [1.54, 1.807) is 0 Å². The zero-order chi connectivity index (χ0) is 14.6. The SMILES string of the molecule is CCOC(=O)C(N)(CN(C)CC1CCOCC1)C1CC1. The molecule has 116 valence electrons. The van der Waals surface area contributed by atoms with Crippen molar-refractivity contribution in [1.29, 1.82) is 0 Å². The van der Waals surface area contributed by atoms with Crippen molar-refractivity contribution in [2.75, 3.05) is 40.0 Å². The third kappa shape index (κ3) is 3.93. The van der Waals surface area contributed by atoms with Crippen molar-refractivity contribution in [1.82, 2.24) is 4.90 Å². The molecule has 2 rings (SSSR count). The molecule has 1 atom stereocenters. The predicted octanol–water partition coefficient (Wildman–Crippen LogP) is 1.02. The van der Waals surface area contributed by atoms with E-state index >= 15 is 0 Å².